The van der Waals surface area contributed by atoms with E-state index in [0.717, 1.165) is 24.9 Å². The molecule has 2 rings (SSSR count). The smallest absolute Gasteiger partial charge is 0.328 e. The Morgan fingerprint density at radius 2 is 2.14 bits per heavy atom. The predicted octanol–water partition coefficient (Wildman–Crippen LogP) is 1.23. The summed E-state index contributed by atoms with van der Waals surface area (Å²) in [6.45, 7) is 1.42. The maximum Gasteiger partial charge on any atom is 0.328 e. The zero-order chi connectivity index (χ0) is 15.2. The Balaban J connectivity index is 2.21. The molecule has 0 saturated carbocycles. The second kappa shape index (κ2) is 7.22. The molecule has 0 aliphatic carbocycles. The zero-order valence-electron chi connectivity index (χ0n) is 12.6. The van der Waals surface area contributed by atoms with Crippen LogP contribution in [0, 0.1) is 0 Å². The summed E-state index contributed by atoms with van der Waals surface area (Å²) in [6.07, 6.45) is 2.30. The van der Waals surface area contributed by atoms with Crippen molar-refractivity contribution < 1.29 is 14.3 Å². The van der Waals surface area contributed by atoms with Crippen LogP contribution >= 0.6 is 0 Å². The van der Waals surface area contributed by atoms with Crippen LogP contribution in [0.1, 0.15) is 28.8 Å². The number of benzene rings is 1. The molecule has 1 saturated heterocycles. The van der Waals surface area contributed by atoms with Crippen LogP contribution in [-0.4, -0.2) is 50.1 Å². The number of carbonyl (C=O) groups is 2. The minimum atomic E-state index is -0.445. The number of nitrogens with zero attached hydrogens (tertiary/aromatic N) is 1. The molecule has 1 aromatic carbocycles. The lowest BCUT2D eigenvalue weighted by atomic mass is 10.0. The van der Waals surface area contributed by atoms with Gasteiger partial charge in [-0.05, 0) is 44.5 Å². The van der Waals surface area contributed by atoms with Crippen LogP contribution in [0.3, 0.4) is 0 Å². The van der Waals surface area contributed by atoms with Gasteiger partial charge in [0.15, 0.2) is 0 Å². The van der Waals surface area contributed by atoms with E-state index < -0.39 is 6.04 Å². The molecule has 1 fully saturated rings. The van der Waals surface area contributed by atoms with Gasteiger partial charge in [0.1, 0.15) is 6.04 Å². The Kier molecular flexibility index (Phi) is 5.33. The SMILES string of the molecule is CNCCc1ccccc1C(=O)N1CCCC1C(=O)OC. The summed E-state index contributed by atoms with van der Waals surface area (Å²) in [5.74, 6) is -0.400. The van der Waals surface area contributed by atoms with Crippen LogP contribution in [0.15, 0.2) is 24.3 Å². The highest BCUT2D eigenvalue weighted by Gasteiger charge is 2.35. The van der Waals surface area contributed by atoms with Gasteiger partial charge in [0, 0.05) is 12.1 Å². The van der Waals surface area contributed by atoms with Crippen molar-refractivity contribution in [3.63, 3.8) is 0 Å². The summed E-state index contributed by atoms with van der Waals surface area (Å²) in [4.78, 5) is 26.2. The molecule has 1 atom stereocenters. The molecule has 114 valence electrons. The first-order valence-electron chi connectivity index (χ1n) is 7.30. The molecule has 0 spiro atoms. The van der Waals surface area contributed by atoms with E-state index >= 15 is 0 Å². The summed E-state index contributed by atoms with van der Waals surface area (Å²) < 4.78 is 4.80. The van der Waals surface area contributed by atoms with Gasteiger partial charge in [-0.3, -0.25) is 4.79 Å². The molecule has 5 nitrogen and oxygen atoms in total. The molecule has 1 aliphatic heterocycles. The first-order valence-corrected chi connectivity index (χ1v) is 7.30. The largest absolute Gasteiger partial charge is 0.467 e. The molecule has 1 aromatic rings. The third kappa shape index (κ3) is 3.42. The lowest BCUT2D eigenvalue weighted by molar-refractivity contribution is -0.145. The number of carbonyl (C=O) groups excluding carboxylic acids is 2. The van der Waals surface area contributed by atoms with Gasteiger partial charge in [-0.2, -0.15) is 0 Å². The van der Waals surface area contributed by atoms with Crippen LogP contribution in [0.2, 0.25) is 0 Å². The monoisotopic (exact) mass is 290 g/mol. The molecular formula is C16H22N2O3. The number of hydrogen-bond acceptors (Lipinski definition) is 4. The highest BCUT2D eigenvalue weighted by atomic mass is 16.5. The van der Waals surface area contributed by atoms with E-state index in [9.17, 15) is 9.59 Å². The topological polar surface area (TPSA) is 58.6 Å². The van der Waals surface area contributed by atoms with Crippen molar-refractivity contribution in [1.29, 1.82) is 0 Å². The third-order valence-electron chi connectivity index (χ3n) is 3.88. The molecule has 1 unspecified atom stereocenters. The van der Waals surface area contributed by atoms with E-state index in [1.165, 1.54) is 7.11 Å². The molecule has 1 N–H and O–H groups in total. The zero-order valence-corrected chi connectivity index (χ0v) is 12.6. The summed E-state index contributed by atoms with van der Waals surface area (Å²) in [5, 5.41) is 3.09. The van der Waals surface area contributed by atoms with Gasteiger partial charge in [-0.25, -0.2) is 4.79 Å². The number of hydrogen-bond donors (Lipinski definition) is 1. The highest BCUT2D eigenvalue weighted by molar-refractivity contribution is 5.98. The minimum absolute atomic E-state index is 0.0744. The van der Waals surface area contributed by atoms with Gasteiger partial charge in [0.05, 0.1) is 7.11 Å². The average molecular weight is 290 g/mol. The lowest BCUT2D eigenvalue weighted by Gasteiger charge is -2.23. The first-order chi connectivity index (χ1) is 10.2. The number of likely N-dealkylation sites (tertiary alicyclic amines) is 1. The average Bonchev–Trinajstić information content (AvgIpc) is 3.01. The van der Waals surface area contributed by atoms with Crippen molar-refractivity contribution in [3.05, 3.63) is 35.4 Å². The maximum absolute atomic E-state index is 12.8. The molecule has 5 heteroatoms. The Bertz CT molecular complexity index is 516. The molecule has 1 aliphatic rings. The molecule has 1 heterocycles. The predicted molar refractivity (Wildman–Crippen MR) is 80.1 cm³/mol. The Hall–Kier alpha value is -1.88. The van der Waals surface area contributed by atoms with Crippen LogP contribution in [0.4, 0.5) is 0 Å². The second-order valence-electron chi connectivity index (χ2n) is 5.19. The van der Waals surface area contributed by atoms with E-state index in [2.05, 4.69) is 5.32 Å². The summed E-state index contributed by atoms with van der Waals surface area (Å²) >= 11 is 0. The Morgan fingerprint density at radius 1 is 1.38 bits per heavy atom. The summed E-state index contributed by atoms with van der Waals surface area (Å²) in [6, 6.07) is 7.15. The Morgan fingerprint density at radius 3 is 2.86 bits per heavy atom. The number of amides is 1. The highest BCUT2D eigenvalue weighted by Crippen LogP contribution is 2.22. The fraction of sp³-hybridized carbons (Fsp3) is 0.500. The quantitative estimate of drug-likeness (QED) is 0.829. The third-order valence-corrected chi connectivity index (χ3v) is 3.88. The van der Waals surface area contributed by atoms with Crippen molar-refractivity contribution in [2.24, 2.45) is 0 Å². The number of rotatable bonds is 5. The van der Waals surface area contributed by atoms with E-state index in [1.54, 1.807) is 4.90 Å². The van der Waals surface area contributed by atoms with Gasteiger partial charge < -0.3 is 15.0 Å². The Labute approximate surface area is 125 Å². The number of nitrogens with one attached hydrogen (secondary N) is 1. The van der Waals surface area contributed by atoms with Crippen LogP contribution in [0.25, 0.3) is 0 Å². The maximum atomic E-state index is 12.8. The molecule has 21 heavy (non-hydrogen) atoms. The van der Waals surface area contributed by atoms with Crippen molar-refractivity contribution in [3.8, 4) is 0 Å². The second-order valence-corrected chi connectivity index (χ2v) is 5.19. The van der Waals surface area contributed by atoms with Gasteiger partial charge in [0.2, 0.25) is 0 Å². The van der Waals surface area contributed by atoms with Crippen LogP contribution in [-0.2, 0) is 16.0 Å². The van der Waals surface area contributed by atoms with Gasteiger partial charge >= 0.3 is 5.97 Å². The van der Waals surface area contributed by atoms with Crippen molar-refractivity contribution in [2.45, 2.75) is 25.3 Å². The van der Waals surface area contributed by atoms with Crippen molar-refractivity contribution >= 4 is 11.9 Å². The number of likely N-dealkylation sites (N-methyl/N-ethyl adjacent to an activating group) is 1. The molecular weight excluding hydrogens is 268 g/mol. The lowest BCUT2D eigenvalue weighted by Crippen LogP contribution is -2.41. The number of esters is 1. The van der Waals surface area contributed by atoms with Gasteiger partial charge in [0.25, 0.3) is 5.91 Å². The standard InChI is InChI=1S/C16H22N2O3/c1-17-10-9-12-6-3-4-7-13(12)15(19)18-11-5-8-14(18)16(20)21-2/h3-4,6-7,14,17H,5,8-11H2,1-2H3. The number of ether oxygens (including phenoxy) is 1. The van der Waals surface area contributed by atoms with Crippen molar-refractivity contribution in [1.82, 2.24) is 10.2 Å². The first kappa shape index (κ1) is 15.5. The van der Waals surface area contributed by atoms with E-state index in [1.807, 2.05) is 31.3 Å². The van der Waals surface area contributed by atoms with Crippen LogP contribution in [0.5, 0.6) is 0 Å². The molecule has 1 amide bonds. The number of methoxy groups -OCH3 is 1. The minimum Gasteiger partial charge on any atom is -0.467 e. The van der Waals surface area contributed by atoms with E-state index in [0.29, 0.717) is 18.5 Å². The molecule has 0 aromatic heterocycles. The summed E-state index contributed by atoms with van der Waals surface area (Å²) in [7, 11) is 3.25. The fourth-order valence-corrected chi connectivity index (χ4v) is 2.75. The van der Waals surface area contributed by atoms with E-state index in [4.69, 9.17) is 4.74 Å². The summed E-state index contributed by atoms with van der Waals surface area (Å²) in [5.41, 5.74) is 1.69. The molecule has 0 radical (unpaired) electrons. The van der Waals surface area contributed by atoms with Crippen LogP contribution < -0.4 is 5.32 Å². The van der Waals surface area contributed by atoms with Gasteiger partial charge in [-0.15, -0.1) is 0 Å². The normalized spacial score (nSPS) is 17.8. The van der Waals surface area contributed by atoms with Crippen molar-refractivity contribution in [2.75, 3.05) is 27.2 Å². The van der Waals surface area contributed by atoms with E-state index in [-0.39, 0.29) is 11.9 Å². The fourth-order valence-electron chi connectivity index (χ4n) is 2.75. The van der Waals surface area contributed by atoms with Gasteiger partial charge in [-0.1, -0.05) is 18.2 Å². The molecule has 0 bridgehead atoms.